The highest BCUT2D eigenvalue weighted by molar-refractivity contribution is 9.11. The van der Waals surface area contributed by atoms with Gasteiger partial charge in [-0.15, -0.1) is 23.7 Å². The first-order valence-electron chi connectivity index (χ1n) is 7.39. The molecule has 1 aromatic heterocycles. The summed E-state index contributed by atoms with van der Waals surface area (Å²) in [5, 5.41) is 6.36. The van der Waals surface area contributed by atoms with Gasteiger partial charge in [0.15, 0.2) is 0 Å². The molecule has 0 aromatic carbocycles. The monoisotopic (exact) mass is 409 g/mol. The van der Waals surface area contributed by atoms with Crippen LogP contribution in [-0.4, -0.2) is 43.5 Å². The van der Waals surface area contributed by atoms with Gasteiger partial charge in [0.25, 0.3) is 0 Å². The zero-order valence-corrected chi connectivity index (χ0v) is 16.4. The number of halogens is 2. The van der Waals surface area contributed by atoms with Crippen LogP contribution in [0.1, 0.15) is 25.1 Å². The van der Waals surface area contributed by atoms with Gasteiger partial charge in [0.05, 0.1) is 3.79 Å². The number of hydrogen-bond acceptors (Lipinski definition) is 4. The molecule has 22 heavy (non-hydrogen) atoms. The van der Waals surface area contributed by atoms with Gasteiger partial charge in [-0.1, -0.05) is 6.92 Å². The van der Waals surface area contributed by atoms with E-state index >= 15 is 0 Å². The van der Waals surface area contributed by atoms with E-state index < -0.39 is 0 Å². The minimum atomic E-state index is 0. The number of amides is 1. The lowest BCUT2D eigenvalue weighted by molar-refractivity contribution is -0.119. The van der Waals surface area contributed by atoms with E-state index in [2.05, 4.69) is 50.5 Å². The molecule has 1 atom stereocenters. The molecule has 126 valence electrons. The summed E-state index contributed by atoms with van der Waals surface area (Å²) < 4.78 is 1.17. The maximum atomic E-state index is 11.1. The van der Waals surface area contributed by atoms with Crippen molar-refractivity contribution >= 4 is 45.6 Å². The molecule has 2 N–H and O–H groups in total. The van der Waals surface area contributed by atoms with Gasteiger partial charge in [-0.25, -0.2) is 0 Å². The molecule has 2 heterocycles. The van der Waals surface area contributed by atoms with Crippen molar-refractivity contribution in [3.63, 3.8) is 0 Å². The van der Waals surface area contributed by atoms with Crippen molar-refractivity contribution in [1.29, 1.82) is 0 Å². The van der Waals surface area contributed by atoms with Gasteiger partial charge in [-0.05, 0) is 46.4 Å². The second kappa shape index (κ2) is 9.23. The Morgan fingerprint density at radius 2 is 2.32 bits per heavy atom. The number of nitrogens with zero attached hydrogens (tertiary/aromatic N) is 1. The third-order valence-electron chi connectivity index (χ3n) is 3.87. The van der Waals surface area contributed by atoms with Crippen LogP contribution in [0, 0.1) is 5.41 Å². The van der Waals surface area contributed by atoms with Crippen LogP contribution in [-0.2, 0) is 11.3 Å². The Labute approximate surface area is 151 Å². The van der Waals surface area contributed by atoms with Crippen molar-refractivity contribution in [2.75, 3.05) is 32.7 Å². The smallest absolute Gasteiger partial charge is 0.216 e. The molecule has 0 bridgehead atoms. The summed E-state index contributed by atoms with van der Waals surface area (Å²) in [5.74, 6) is 0.0440. The van der Waals surface area contributed by atoms with Gasteiger partial charge >= 0.3 is 0 Å². The van der Waals surface area contributed by atoms with Crippen LogP contribution in [0.3, 0.4) is 0 Å². The Balaban J connectivity index is 0.00000242. The van der Waals surface area contributed by atoms with Crippen molar-refractivity contribution in [2.45, 2.75) is 26.8 Å². The molecule has 0 aliphatic carbocycles. The molecule has 1 aliphatic heterocycles. The summed E-state index contributed by atoms with van der Waals surface area (Å²) in [7, 11) is 0. The Kier molecular flexibility index (Phi) is 8.35. The van der Waals surface area contributed by atoms with Crippen molar-refractivity contribution in [3.8, 4) is 0 Å². The van der Waals surface area contributed by atoms with E-state index in [1.165, 1.54) is 15.1 Å². The first kappa shape index (κ1) is 19.9. The zero-order valence-electron chi connectivity index (χ0n) is 13.2. The summed E-state index contributed by atoms with van der Waals surface area (Å²) in [6.07, 6.45) is 1.22. The van der Waals surface area contributed by atoms with E-state index in [9.17, 15) is 4.79 Å². The highest BCUT2D eigenvalue weighted by Crippen LogP contribution is 2.28. The van der Waals surface area contributed by atoms with Crippen LogP contribution in [0.15, 0.2) is 15.9 Å². The van der Waals surface area contributed by atoms with Gasteiger partial charge in [0.2, 0.25) is 5.91 Å². The maximum Gasteiger partial charge on any atom is 0.216 e. The Bertz CT molecular complexity index is 477. The summed E-state index contributed by atoms with van der Waals surface area (Å²) in [4.78, 5) is 14.9. The zero-order chi connectivity index (χ0) is 15.3. The van der Waals surface area contributed by atoms with Gasteiger partial charge in [-0.2, -0.15) is 0 Å². The van der Waals surface area contributed by atoms with E-state index in [0.29, 0.717) is 12.0 Å². The molecule has 0 radical (unpaired) electrons. The minimum Gasteiger partial charge on any atom is -0.355 e. The predicted molar refractivity (Wildman–Crippen MR) is 98.8 cm³/mol. The van der Waals surface area contributed by atoms with Crippen LogP contribution in [0.5, 0.6) is 0 Å². The summed E-state index contributed by atoms with van der Waals surface area (Å²) in [6, 6.07) is 4.28. The maximum absolute atomic E-state index is 11.1. The van der Waals surface area contributed by atoms with Crippen molar-refractivity contribution in [2.24, 2.45) is 5.41 Å². The lowest BCUT2D eigenvalue weighted by atomic mass is 9.89. The molecule has 0 spiro atoms. The lowest BCUT2D eigenvalue weighted by Gasteiger charge is -2.31. The molecule has 1 aliphatic rings. The van der Waals surface area contributed by atoms with Crippen LogP contribution in [0.4, 0.5) is 0 Å². The molecule has 1 aromatic rings. The first-order chi connectivity index (χ1) is 9.97. The van der Waals surface area contributed by atoms with Gasteiger partial charge in [0, 0.05) is 44.5 Å². The standard InChI is InChI=1S/C15H24BrN3OS.ClH/c1-12(20)18-7-8-19(9-13-3-4-14(16)21-13)11-15(2)5-6-17-10-15;/h3-4,17H,5-11H2,1-2H3,(H,18,20);1H. The third kappa shape index (κ3) is 6.54. The molecule has 0 saturated carbocycles. The second-order valence-corrected chi connectivity index (χ2v) is 8.68. The van der Waals surface area contributed by atoms with Crippen molar-refractivity contribution in [3.05, 3.63) is 20.8 Å². The number of carbonyl (C=O) groups excluding carboxylic acids is 1. The second-order valence-electron chi connectivity index (χ2n) is 6.14. The highest BCUT2D eigenvalue weighted by Gasteiger charge is 2.30. The average Bonchev–Trinajstić information content (AvgIpc) is 2.98. The molecule has 4 nitrogen and oxygen atoms in total. The fourth-order valence-electron chi connectivity index (χ4n) is 2.80. The summed E-state index contributed by atoms with van der Waals surface area (Å²) >= 11 is 5.31. The normalized spacial score (nSPS) is 20.9. The van der Waals surface area contributed by atoms with E-state index in [0.717, 1.165) is 32.7 Å². The van der Waals surface area contributed by atoms with E-state index in [1.54, 1.807) is 18.3 Å². The van der Waals surface area contributed by atoms with E-state index in [4.69, 9.17) is 0 Å². The first-order valence-corrected chi connectivity index (χ1v) is 9.00. The highest BCUT2D eigenvalue weighted by atomic mass is 79.9. The van der Waals surface area contributed by atoms with Gasteiger partial charge < -0.3 is 10.6 Å². The Morgan fingerprint density at radius 3 is 2.86 bits per heavy atom. The molecular formula is C15H25BrClN3OS. The Morgan fingerprint density at radius 1 is 1.55 bits per heavy atom. The lowest BCUT2D eigenvalue weighted by Crippen LogP contribution is -2.40. The molecular weight excluding hydrogens is 386 g/mol. The topological polar surface area (TPSA) is 44.4 Å². The predicted octanol–water partition coefficient (Wildman–Crippen LogP) is 2.87. The average molecular weight is 411 g/mol. The van der Waals surface area contributed by atoms with Crippen LogP contribution in [0.25, 0.3) is 0 Å². The van der Waals surface area contributed by atoms with Crippen LogP contribution < -0.4 is 10.6 Å². The van der Waals surface area contributed by atoms with Crippen LogP contribution >= 0.6 is 39.7 Å². The fourth-order valence-corrected chi connectivity index (χ4v) is 4.33. The van der Waals surface area contributed by atoms with Crippen molar-refractivity contribution < 1.29 is 4.79 Å². The number of carbonyl (C=O) groups is 1. The quantitative estimate of drug-likeness (QED) is 0.726. The van der Waals surface area contributed by atoms with Gasteiger partial charge in [-0.3, -0.25) is 9.69 Å². The van der Waals surface area contributed by atoms with Gasteiger partial charge in [0.1, 0.15) is 0 Å². The van der Waals surface area contributed by atoms with E-state index in [1.807, 2.05) is 0 Å². The minimum absolute atomic E-state index is 0. The molecule has 1 saturated heterocycles. The fraction of sp³-hybridized carbons (Fsp3) is 0.667. The largest absolute Gasteiger partial charge is 0.355 e. The van der Waals surface area contributed by atoms with Crippen molar-refractivity contribution in [1.82, 2.24) is 15.5 Å². The summed E-state index contributed by atoms with van der Waals surface area (Å²) in [6.45, 7) is 9.74. The molecule has 1 fully saturated rings. The Hall–Kier alpha value is -0.140. The molecule has 7 heteroatoms. The van der Waals surface area contributed by atoms with Crippen LogP contribution in [0.2, 0.25) is 0 Å². The van der Waals surface area contributed by atoms with E-state index in [-0.39, 0.29) is 18.3 Å². The molecule has 1 amide bonds. The third-order valence-corrected chi connectivity index (χ3v) is 5.48. The molecule has 1 unspecified atom stereocenters. The SMILES string of the molecule is CC(=O)NCCN(Cc1ccc(Br)s1)CC1(C)CCNC1.Cl. The summed E-state index contributed by atoms with van der Waals surface area (Å²) in [5.41, 5.74) is 0.338. The molecule has 2 rings (SSSR count). The number of hydrogen-bond donors (Lipinski definition) is 2. The number of rotatable bonds is 7. The number of thiophene rings is 1. The number of nitrogens with one attached hydrogen (secondary N) is 2.